The van der Waals surface area contributed by atoms with Crippen LogP contribution in [0.25, 0.3) is 0 Å². The summed E-state index contributed by atoms with van der Waals surface area (Å²) < 4.78 is 25.7. The van der Waals surface area contributed by atoms with Crippen LogP contribution in [0.3, 0.4) is 0 Å². The van der Waals surface area contributed by atoms with Gasteiger partial charge >= 0.3 is 5.97 Å². The van der Waals surface area contributed by atoms with E-state index >= 15 is 0 Å². The maximum absolute atomic E-state index is 9.31. The molecule has 0 spiro atoms. The first-order valence-corrected chi connectivity index (χ1v) is 8.15. The van der Waals surface area contributed by atoms with Crippen molar-refractivity contribution in [2.75, 3.05) is 66.1 Å². The Labute approximate surface area is 149 Å². The Morgan fingerprint density at radius 2 is 1.40 bits per heavy atom. The van der Waals surface area contributed by atoms with Crippen LogP contribution in [0.15, 0.2) is 12.7 Å². The van der Waals surface area contributed by atoms with Gasteiger partial charge in [-0.1, -0.05) is 13.5 Å². The molecule has 0 aromatic rings. The van der Waals surface area contributed by atoms with Crippen LogP contribution < -0.4 is 0 Å². The normalized spacial score (nSPS) is 11.5. The molecule has 150 valence electrons. The lowest BCUT2D eigenvalue weighted by Crippen LogP contribution is -2.21. The zero-order chi connectivity index (χ0) is 19.2. The van der Waals surface area contributed by atoms with Crippen LogP contribution in [-0.2, 0) is 28.5 Å². The van der Waals surface area contributed by atoms with Gasteiger partial charge in [0.15, 0.2) is 6.29 Å². The Bertz CT molecular complexity index is 287. The Kier molecular flexibility index (Phi) is 24.0. The first-order valence-electron chi connectivity index (χ1n) is 8.15. The lowest BCUT2D eigenvalue weighted by atomic mass is 10.5. The molecule has 0 heterocycles. The highest BCUT2D eigenvalue weighted by atomic mass is 16.6. The molecule has 0 aliphatic rings. The van der Waals surface area contributed by atoms with Gasteiger partial charge in [-0.3, -0.25) is 0 Å². The van der Waals surface area contributed by atoms with Crippen molar-refractivity contribution in [1.82, 2.24) is 0 Å². The molecule has 0 aromatic carbocycles. The van der Waals surface area contributed by atoms with Crippen LogP contribution in [-0.4, -0.2) is 93.6 Å². The molecular formula is C16H32O9. The smallest absolute Gasteiger partial charge is 0.327 e. The van der Waals surface area contributed by atoms with E-state index in [4.69, 9.17) is 33.9 Å². The van der Waals surface area contributed by atoms with Crippen LogP contribution in [0.1, 0.15) is 13.3 Å². The van der Waals surface area contributed by atoms with Crippen LogP contribution in [0.5, 0.6) is 0 Å². The minimum Gasteiger partial charge on any atom is -0.478 e. The van der Waals surface area contributed by atoms with Crippen molar-refractivity contribution in [3.63, 3.8) is 0 Å². The van der Waals surface area contributed by atoms with Crippen molar-refractivity contribution in [1.29, 1.82) is 0 Å². The highest BCUT2D eigenvalue weighted by Crippen LogP contribution is 1.91. The zero-order valence-corrected chi connectivity index (χ0v) is 14.9. The van der Waals surface area contributed by atoms with Crippen molar-refractivity contribution < 1.29 is 43.8 Å². The number of carbonyl (C=O) groups is 1. The predicted molar refractivity (Wildman–Crippen MR) is 90.4 cm³/mol. The molecule has 25 heavy (non-hydrogen) atoms. The minimum atomic E-state index is -0.981. The summed E-state index contributed by atoms with van der Waals surface area (Å²) in [7, 11) is 0. The number of aliphatic hydroxyl groups excluding tert-OH is 2. The molecule has 0 aromatic heterocycles. The number of hydrogen-bond acceptors (Lipinski definition) is 8. The van der Waals surface area contributed by atoms with Gasteiger partial charge in [0.2, 0.25) is 0 Å². The highest BCUT2D eigenvalue weighted by molar-refractivity contribution is 5.78. The van der Waals surface area contributed by atoms with Crippen molar-refractivity contribution >= 4 is 5.97 Å². The van der Waals surface area contributed by atoms with Gasteiger partial charge in [-0.15, -0.1) is 0 Å². The zero-order valence-electron chi connectivity index (χ0n) is 14.9. The molecule has 0 radical (unpaired) electrons. The fraction of sp³-hybridized carbons (Fsp3) is 0.812. The van der Waals surface area contributed by atoms with Gasteiger partial charge in [-0.05, 0) is 6.42 Å². The first-order chi connectivity index (χ1) is 12.1. The number of rotatable bonds is 17. The summed E-state index contributed by atoms with van der Waals surface area (Å²) in [4.78, 5) is 9.25. The topological polar surface area (TPSA) is 124 Å². The van der Waals surface area contributed by atoms with Gasteiger partial charge < -0.3 is 39.0 Å². The van der Waals surface area contributed by atoms with Gasteiger partial charge in [0.05, 0.1) is 59.5 Å². The van der Waals surface area contributed by atoms with E-state index in [1.165, 1.54) is 0 Å². The number of aliphatic carboxylic acids is 1. The number of hydrogen-bond donors (Lipinski definition) is 3. The van der Waals surface area contributed by atoms with E-state index in [1.807, 2.05) is 6.92 Å². The van der Waals surface area contributed by atoms with Crippen molar-refractivity contribution in [3.8, 4) is 0 Å². The second kappa shape index (κ2) is 22.9. The molecule has 9 heteroatoms. The van der Waals surface area contributed by atoms with E-state index in [0.717, 1.165) is 12.5 Å². The molecule has 3 N–H and O–H groups in total. The van der Waals surface area contributed by atoms with Crippen LogP contribution in [0.2, 0.25) is 0 Å². The summed E-state index contributed by atoms with van der Waals surface area (Å²) in [6.45, 7) is 8.78. The number of carboxylic acid groups (broad SMARTS) is 1. The van der Waals surface area contributed by atoms with Gasteiger partial charge in [-0.2, -0.15) is 0 Å². The number of aliphatic hydroxyl groups is 2. The Hall–Kier alpha value is -1.07. The summed E-state index contributed by atoms with van der Waals surface area (Å²) in [6.07, 6.45) is 0.836. The van der Waals surface area contributed by atoms with E-state index in [-0.39, 0.29) is 13.2 Å². The second-order valence-electron chi connectivity index (χ2n) is 4.50. The number of carboxylic acids is 1. The average Bonchev–Trinajstić information content (AvgIpc) is 2.61. The molecular weight excluding hydrogens is 336 g/mol. The monoisotopic (exact) mass is 368 g/mol. The van der Waals surface area contributed by atoms with Crippen molar-refractivity contribution in [3.05, 3.63) is 12.7 Å². The molecule has 0 saturated carbocycles. The highest BCUT2D eigenvalue weighted by Gasteiger charge is 2.02. The molecule has 0 aliphatic heterocycles. The van der Waals surface area contributed by atoms with E-state index in [2.05, 4.69) is 6.58 Å². The molecule has 1 atom stereocenters. The van der Waals surface area contributed by atoms with E-state index in [0.29, 0.717) is 52.9 Å². The Balaban J connectivity index is 0. The average molecular weight is 368 g/mol. The molecule has 0 fully saturated rings. The van der Waals surface area contributed by atoms with E-state index in [1.54, 1.807) is 0 Å². The summed E-state index contributed by atoms with van der Waals surface area (Å²) in [6, 6.07) is 0. The van der Waals surface area contributed by atoms with Crippen LogP contribution in [0, 0.1) is 0 Å². The lowest BCUT2D eigenvalue weighted by Gasteiger charge is -2.11. The van der Waals surface area contributed by atoms with E-state index in [9.17, 15) is 9.90 Å². The summed E-state index contributed by atoms with van der Waals surface area (Å²) in [5, 5.41) is 25.4. The molecule has 0 aliphatic carbocycles. The molecule has 9 nitrogen and oxygen atoms in total. The number of ether oxygens (including phenoxy) is 5. The van der Waals surface area contributed by atoms with Crippen molar-refractivity contribution in [2.24, 2.45) is 0 Å². The van der Waals surface area contributed by atoms with Crippen LogP contribution >= 0.6 is 0 Å². The minimum absolute atomic E-state index is 0.0291. The third kappa shape index (κ3) is 28.0. The van der Waals surface area contributed by atoms with Gasteiger partial charge in [-0.25, -0.2) is 4.79 Å². The molecule has 0 bridgehead atoms. The predicted octanol–water partition coefficient (Wildman–Crippen LogP) is 0.0471. The quantitative estimate of drug-likeness (QED) is 0.185. The third-order valence-electron chi connectivity index (χ3n) is 2.30. The lowest BCUT2D eigenvalue weighted by molar-refractivity contribution is -0.141. The SMILES string of the molecule is C=CC(=O)O.CCCOC(O)COCCOCCOCCOCCO. The van der Waals surface area contributed by atoms with Gasteiger partial charge in [0, 0.05) is 12.7 Å². The third-order valence-corrected chi connectivity index (χ3v) is 2.30. The standard InChI is InChI=1S/C13H28O7.C3H4O2/c1-2-4-20-13(15)12-19-11-10-18-9-8-17-7-6-16-5-3-14;1-2-3(4)5/h13-15H,2-12H2,1H3;2H,1H2,(H,4,5). The van der Waals surface area contributed by atoms with Crippen molar-refractivity contribution in [2.45, 2.75) is 19.6 Å². The molecule has 0 rings (SSSR count). The summed E-state index contributed by atoms with van der Waals surface area (Å²) in [5.74, 6) is -0.981. The molecule has 0 amide bonds. The maximum atomic E-state index is 9.31. The second-order valence-corrected chi connectivity index (χ2v) is 4.50. The molecule has 1 unspecified atom stereocenters. The largest absolute Gasteiger partial charge is 0.478 e. The fourth-order valence-corrected chi connectivity index (χ4v) is 1.21. The summed E-state index contributed by atoms with van der Waals surface area (Å²) >= 11 is 0. The molecule has 0 saturated heterocycles. The summed E-state index contributed by atoms with van der Waals surface area (Å²) in [5.41, 5.74) is 0. The van der Waals surface area contributed by atoms with E-state index < -0.39 is 12.3 Å². The van der Waals surface area contributed by atoms with Crippen LogP contribution in [0.4, 0.5) is 0 Å². The van der Waals surface area contributed by atoms with Gasteiger partial charge in [0.25, 0.3) is 0 Å². The first kappa shape index (κ1) is 26.2. The Morgan fingerprint density at radius 1 is 0.960 bits per heavy atom. The maximum Gasteiger partial charge on any atom is 0.327 e. The van der Waals surface area contributed by atoms with Gasteiger partial charge in [0.1, 0.15) is 0 Å². The fourth-order valence-electron chi connectivity index (χ4n) is 1.21. The Morgan fingerprint density at radius 3 is 1.80 bits per heavy atom.